The minimum absolute atomic E-state index is 0.0246. The molecule has 1 heterocycles. The maximum atomic E-state index is 11.9. The van der Waals surface area contributed by atoms with Gasteiger partial charge in [0.15, 0.2) is 0 Å². The van der Waals surface area contributed by atoms with Crippen LogP contribution in [0.2, 0.25) is 0 Å². The Kier molecular flexibility index (Phi) is 4.57. The summed E-state index contributed by atoms with van der Waals surface area (Å²) in [5.74, 6) is -1.13. The minimum Gasteiger partial charge on any atom is -0.478 e. The summed E-state index contributed by atoms with van der Waals surface area (Å²) in [7, 11) is 1.71. The average molecular weight is 290 g/mol. The highest BCUT2D eigenvalue weighted by Gasteiger charge is 2.27. The Hall–Kier alpha value is -2.37. The second kappa shape index (κ2) is 6.39. The molecule has 0 spiro atoms. The number of likely N-dealkylation sites (N-methyl/N-ethyl adjacent to an activating group) is 1. The minimum atomic E-state index is -0.992. The maximum Gasteiger partial charge on any atom is 0.335 e. The number of likely N-dealkylation sites (tertiary alicyclic amines) is 1. The predicted molar refractivity (Wildman–Crippen MR) is 75.9 cm³/mol. The molecular formula is C15H18N2O4. The largest absolute Gasteiger partial charge is 0.478 e. The molecule has 1 aromatic carbocycles. The third-order valence-electron chi connectivity index (χ3n) is 3.58. The quantitative estimate of drug-likeness (QED) is 0.834. The van der Waals surface area contributed by atoms with Gasteiger partial charge in [-0.2, -0.15) is 0 Å². The highest BCUT2D eigenvalue weighted by molar-refractivity contribution is 5.89. The Morgan fingerprint density at radius 2 is 2.10 bits per heavy atom. The number of carboxylic acid groups (broad SMARTS) is 1. The van der Waals surface area contributed by atoms with Crippen LogP contribution >= 0.6 is 0 Å². The molecule has 1 saturated heterocycles. The first-order valence-corrected chi connectivity index (χ1v) is 6.82. The summed E-state index contributed by atoms with van der Waals surface area (Å²) in [6, 6.07) is 6.51. The van der Waals surface area contributed by atoms with Crippen molar-refractivity contribution in [2.24, 2.45) is 0 Å². The Labute approximate surface area is 122 Å². The molecule has 0 bridgehead atoms. The first-order chi connectivity index (χ1) is 9.97. The summed E-state index contributed by atoms with van der Waals surface area (Å²) in [6.45, 7) is 0.524. The van der Waals surface area contributed by atoms with Gasteiger partial charge in [-0.05, 0) is 18.1 Å². The summed E-state index contributed by atoms with van der Waals surface area (Å²) < 4.78 is 0. The van der Waals surface area contributed by atoms with E-state index >= 15 is 0 Å². The molecule has 1 aliphatic heterocycles. The number of amides is 2. The highest BCUT2D eigenvalue weighted by Crippen LogP contribution is 2.12. The lowest BCUT2D eigenvalue weighted by molar-refractivity contribution is -0.126. The molecule has 6 heteroatoms. The van der Waals surface area contributed by atoms with Gasteiger partial charge in [0.05, 0.1) is 11.6 Å². The molecule has 0 aliphatic carbocycles. The van der Waals surface area contributed by atoms with Gasteiger partial charge in [0.1, 0.15) is 0 Å². The number of carbonyl (C=O) groups is 3. The Bertz CT molecular complexity index is 571. The number of aryl methyl sites for hydroxylation is 1. The third-order valence-corrected chi connectivity index (χ3v) is 3.58. The number of rotatable bonds is 5. The van der Waals surface area contributed by atoms with Crippen LogP contribution in [0.4, 0.5) is 0 Å². The van der Waals surface area contributed by atoms with E-state index in [0.717, 1.165) is 0 Å². The molecule has 0 radical (unpaired) electrons. The molecule has 0 aromatic heterocycles. The average Bonchev–Trinajstić information content (AvgIpc) is 2.75. The van der Waals surface area contributed by atoms with Crippen LogP contribution in [-0.4, -0.2) is 47.4 Å². The fourth-order valence-electron chi connectivity index (χ4n) is 2.46. The first kappa shape index (κ1) is 15.0. The molecule has 6 nitrogen and oxygen atoms in total. The Balaban J connectivity index is 1.87. The number of nitrogens with zero attached hydrogens (tertiary/aromatic N) is 1. The topological polar surface area (TPSA) is 86.7 Å². The molecule has 1 aromatic rings. The molecule has 2 amide bonds. The van der Waals surface area contributed by atoms with E-state index < -0.39 is 5.97 Å². The summed E-state index contributed by atoms with van der Waals surface area (Å²) in [5.41, 5.74) is 0.862. The van der Waals surface area contributed by atoms with Gasteiger partial charge in [0, 0.05) is 26.4 Å². The third kappa shape index (κ3) is 3.81. The smallest absolute Gasteiger partial charge is 0.335 e. The second-order valence-electron chi connectivity index (χ2n) is 5.21. The molecule has 1 fully saturated rings. The van der Waals surface area contributed by atoms with Crippen LogP contribution in [0.25, 0.3) is 0 Å². The van der Waals surface area contributed by atoms with Gasteiger partial charge in [0.25, 0.3) is 0 Å². The van der Waals surface area contributed by atoms with Crippen LogP contribution in [0.5, 0.6) is 0 Å². The lowest BCUT2D eigenvalue weighted by atomic mass is 10.0. The number of benzene rings is 1. The van der Waals surface area contributed by atoms with Crippen LogP contribution in [-0.2, 0) is 16.0 Å². The standard InChI is InChI=1S/C15H18N2O4/c1-17-9-11(8-14(17)19)16-13(18)7-6-10-4-2-3-5-12(10)15(20)21/h2-5,11H,6-9H2,1H3,(H,16,18)(H,20,21). The molecule has 112 valence electrons. The molecule has 1 atom stereocenters. The van der Waals surface area contributed by atoms with Crippen molar-refractivity contribution in [3.63, 3.8) is 0 Å². The highest BCUT2D eigenvalue weighted by atomic mass is 16.4. The fourth-order valence-corrected chi connectivity index (χ4v) is 2.46. The number of aromatic carboxylic acids is 1. The van der Waals surface area contributed by atoms with E-state index in [-0.39, 0.29) is 29.8 Å². The van der Waals surface area contributed by atoms with Gasteiger partial charge in [-0.1, -0.05) is 18.2 Å². The monoisotopic (exact) mass is 290 g/mol. The Morgan fingerprint density at radius 3 is 2.71 bits per heavy atom. The maximum absolute atomic E-state index is 11.9. The zero-order valence-electron chi connectivity index (χ0n) is 11.8. The van der Waals surface area contributed by atoms with Crippen LogP contribution < -0.4 is 5.32 Å². The predicted octanol–water partition coefficient (Wildman–Crippen LogP) is 0.664. The van der Waals surface area contributed by atoms with Gasteiger partial charge < -0.3 is 15.3 Å². The molecular weight excluding hydrogens is 272 g/mol. The van der Waals surface area contributed by atoms with Crippen molar-refractivity contribution in [2.75, 3.05) is 13.6 Å². The van der Waals surface area contributed by atoms with E-state index in [9.17, 15) is 14.4 Å². The SMILES string of the molecule is CN1CC(NC(=O)CCc2ccccc2C(=O)O)CC1=O. The van der Waals surface area contributed by atoms with Crippen molar-refractivity contribution in [3.8, 4) is 0 Å². The van der Waals surface area contributed by atoms with E-state index in [1.54, 1.807) is 30.1 Å². The molecule has 1 aliphatic rings. The summed E-state index contributed by atoms with van der Waals surface area (Å²) in [6.07, 6.45) is 0.900. The van der Waals surface area contributed by atoms with Gasteiger partial charge in [-0.15, -0.1) is 0 Å². The Morgan fingerprint density at radius 1 is 1.38 bits per heavy atom. The molecule has 2 rings (SSSR count). The number of carboxylic acids is 1. The van der Waals surface area contributed by atoms with Crippen LogP contribution in [0, 0.1) is 0 Å². The van der Waals surface area contributed by atoms with Gasteiger partial charge >= 0.3 is 5.97 Å². The summed E-state index contributed by atoms with van der Waals surface area (Å²) >= 11 is 0. The zero-order valence-corrected chi connectivity index (χ0v) is 11.8. The van der Waals surface area contributed by atoms with Crippen molar-refractivity contribution in [1.29, 1.82) is 0 Å². The molecule has 2 N–H and O–H groups in total. The number of hydrogen-bond donors (Lipinski definition) is 2. The second-order valence-corrected chi connectivity index (χ2v) is 5.21. The van der Waals surface area contributed by atoms with E-state index in [2.05, 4.69) is 5.32 Å². The number of carbonyl (C=O) groups excluding carboxylic acids is 2. The van der Waals surface area contributed by atoms with Crippen LogP contribution in [0.1, 0.15) is 28.8 Å². The summed E-state index contributed by atoms with van der Waals surface area (Å²) in [4.78, 5) is 35.9. The normalized spacial score (nSPS) is 17.9. The lowest BCUT2D eigenvalue weighted by Gasteiger charge is -2.12. The van der Waals surface area contributed by atoms with Crippen LogP contribution in [0.15, 0.2) is 24.3 Å². The van der Waals surface area contributed by atoms with E-state index in [0.29, 0.717) is 24.9 Å². The first-order valence-electron chi connectivity index (χ1n) is 6.82. The fraction of sp³-hybridized carbons (Fsp3) is 0.400. The number of nitrogens with one attached hydrogen (secondary N) is 1. The van der Waals surface area contributed by atoms with Crippen molar-refractivity contribution >= 4 is 17.8 Å². The van der Waals surface area contributed by atoms with Crippen molar-refractivity contribution in [1.82, 2.24) is 10.2 Å². The van der Waals surface area contributed by atoms with Crippen molar-refractivity contribution in [3.05, 3.63) is 35.4 Å². The van der Waals surface area contributed by atoms with Gasteiger partial charge in [0.2, 0.25) is 11.8 Å². The number of hydrogen-bond acceptors (Lipinski definition) is 3. The van der Waals surface area contributed by atoms with E-state index in [1.165, 1.54) is 6.07 Å². The van der Waals surface area contributed by atoms with Gasteiger partial charge in [-0.3, -0.25) is 9.59 Å². The van der Waals surface area contributed by atoms with Crippen molar-refractivity contribution in [2.45, 2.75) is 25.3 Å². The van der Waals surface area contributed by atoms with E-state index in [4.69, 9.17) is 5.11 Å². The lowest BCUT2D eigenvalue weighted by Crippen LogP contribution is -2.36. The zero-order chi connectivity index (χ0) is 15.4. The molecule has 0 saturated carbocycles. The van der Waals surface area contributed by atoms with Gasteiger partial charge in [-0.25, -0.2) is 4.79 Å². The van der Waals surface area contributed by atoms with Crippen molar-refractivity contribution < 1.29 is 19.5 Å². The van der Waals surface area contributed by atoms with Crippen LogP contribution in [0.3, 0.4) is 0 Å². The summed E-state index contributed by atoms with van der Waals surface area (Å²) in [5, 5.41) is 11.9. The van der Waals surface area contributed by atoms with E-state index in [1.807, 2.05) is 0 Å². The molecule has 1 unspecified atom stereocenters. The molecule has 21 heavy (non-hydrogen) atoms.